The Morgan fingerprint density at radius 3 is 2.72 bits per heavy atom. The van der Waals surface area contributed by atoms with Crippen molar-refractivity contribution in [3.8, 4) is 5.75 Å². The van der Waals surface area contributed by atoms with Gasteiger partial charge in [-0.25, -0.2) is 0 Å². The summed E-state index contributed by atoms with van der Waals surface area (Å²) in [6.07, 6.45) is 0.944. The van der Waals surface area contributed by atoms with Crippen LogP contribution in [0.3, 0.4) is 0 Å². The van der Waals surface area contributed by atoms with Crippen LogP contribution in [0.5, 0.6) is 5.75 Å². The van der Waals surface area contributed by atoms with E-state index in [0.717, 1.165) is 11.1 Å². The summed E-state index contributed by atoms with van der Waals surface area (Å²) in [5.41, 5.74) is 1.80. The van der Waals surface area contributed by atoms with Gasteiger partial charge in [-0.05, 0) is 24.6 Å². The number of carbonyl (C=O) groups excluding carboxylic acids is 2. The summed E-state index contributed by atoms with van der Waals surface area (Å²) in [5, 5.41) is 0. The van der Waals surface area contributed by atoms with Crippen molar-refractivity contribution in [2.75, 3.05) is 20.3 Å². The van der Waals surface area contributed by atoms with Crippen molar-refractivity contribution in [1.29, 1.82) is 0 Å². The Hall–Kier alpha value is -2.86. The zero-order valence-electron chi connectivity index (χ0n) is 16.6. The van der Waals surface area contributed by atoms with Crippen molar-refractivity contribution in [1.82, 2.24) is 9.80 Å². The van der Waals surface area contributed by atoms with Gasteiger partial charge in [0.15, 0.2) is 5.72 Å². The Morgan fingerprint density at radius 1 is 1.17 bits per heavy atom. The number of carbonyl (C=O) groups is 2. The number of nitrogens with zero attached hydrogens (tertiary/aromatic N) is 2. The first kappa shape index (κ1) is 18.2. The lowest BCUT2D eigenvalue weighted by Crippen LogP contribution is -2.49. The minimum Gasteiger partial charge on any atom is -0.496 e. The lowest BCUT2D eigenvalue weighted by atomic mass is 10.0. The Kier molecular flexibility index (Phi) is 4.13. The molecule has 2 aromatic rings. The summed E-state index contributed by atoms with van der Waals surface area (Å²) in [7, 11) is 1.60. The third kappa shape index (κ3) is 2.52. The van der Waals surface area contributed by atoms with Crippen LogP contribution in [0, 0.1) is 6.92 Å². The number of benzene rings is 2. The van der Waals surface area contributed by atoms with Gasteiger partial charge in [-0.15, -0.1) is 0 Å². The number of rotatable bonds is 3. The molecule has 6 nitrogen and oxygen atoms in total. The molecule has 2 amide bonds. The van der Waals surface area contributed by atoms with Gasteiger partial charge < -0.3 is 19.3 Å². The predicted molar refractivity (Wildman–Crippen MR) is 107 cm³/mol. The smallest absolute Gasteiger partial charge is 0.254 e. The van der Waals surface area contributed by atoms with E-state index in [1.807, 2.05) is 65.3 Å². The molecule has 6 heteroatoms. The molecule has 3 heterocycles. The number of likely N-dealkylation sites (tertiary alicyclic amines) is 1. The topological polar surface area (TPSA) is 59.1 Å². The molecule has 3 atom stereocenters. The maximum Gasteiger partial charge on any atom is 0.254 e. The molecule has 3 aliphatic heterocycles. The molecule has 3 saturated heterocycles. The highest BCUT2D eigenvalue weighted by atomic mass is 16.5. The van der Waals surface area contributed by atoms with E-state index in [-0.39, 0.29) is 23.9 Å². The molecule has 0 saturated carbocycles. The molecular weight excluding hydrogens is 368 g/mol. The van der Waals surface area contributed by atoms with Crippen molar-refractivity contribution in [3.63, 3.8) is 0 Å². The van der Waals surface area contributed by atoms with E-state index in [9.17, 15) is 9.59 Å². The molecule has 150 valence electrons. The molecule has 5 rings (SSSR count). The number of ether oxygens (including phenoxy) is 2. The minimum absolute atomic E-state index is 0.0567. The molecule has 2 aromatic carbocycles. The lowest BCUT2D eigenvalue weighted by molar-refractivity contribution is -0.138. The van der Waals surface area contributed by atoms with Crippen molar-refractivity contribution in [2.45, 2.75) is 37.6 Å². The number of amides is 2. The fourth-order valence-electron chi connectivity index (χ4n) is 5.23. The van der Waals surface area contributed by atoms with Gasteiger partial charge in [0.2, 0.25) is 5.91 Å². The maximum atomic E-state index is 13.4. The van der Waals surface area contributed by atoms with Gasteiger partial charge in [-0.1, -0.05) is 36.4 Å². The van der Waals surface area contributed by atoms with Crippen LogP contribution in [-0.4, -0.2) is 53.6 Å². The van der Waals surface area contributed by atoms with E-state index in [1.54, 1.807) is 7.11 Å². The maximum absolute atomic E-state index is 13.4. The van der Waals surface area contributed by atoms with E-state index in [1.165, 1.54) is 0 Å². The molecule has 29 heavy (non-hydrogen) atoms. The van der Waals surface area contributed by atoms with Gasteiger partial charge in [0, 0.05) is 24.1 Å². The second kappa shape index (κ2) is 6.59. The van der Waals surface area contributed by atoms with Gasteiger partial charge in [-0.2, -0.15) is 0 Å². The summed E-state index contributed by atoms with van der Waals surface area (Å²) in [4.78, 5) is 30.1. The molecule has 0 unspecified atom stereocenters. The normalized spacial score (nSPS) is 27.9. The van der Waals surface area contributed by atoms with E-state index in [4.69, 9.17) is 9.47 Å². The molecule has 3 fully saturated rings. The molecule has 3 aliphatic rings. The van der Waals surface area contributed by atoms with Gasteiger partial charge in [0.1, 0.15) is 5.75 Å². The standard InChI is InChI=1S/C23H24N2O4/c1-15-17(9-6-10-19(15)28-2)22(27)24-12-11-23-20(24)13-21(26)25(23)18(14-29-23)16-7-4-3-5-8-16/h3-10,18,20H,11-14H2,1-2H3/t18-,20+,23-/m0/s1. The van der Waals surface area contributed by atoms with Crippen molar-refractivity contribution in [3.05, 3.63) is 65.2 Å². The second-order valence-corrected chi connectivity index (χ2v) is 7.95. The fourth-order valence-corrected chi connectivity index (χ4v) is 5.23. The predicted octanol–water partition coefficient (Wildman–Crippen LogP) is 2.92. The summed E-state index contributed by atoms with van der Waals surface area (Å²) in [6.45, 7) is 2.93. The molecular formula is C23H24N2O4. The summed E-state index contributed by atoms with van der Waals surface area (Å²) in [6, 6.07) is 15.1. The van der Waals surface area contributed by atoms with E-state index in [0.29, 0.717) is 37.3 Å². The van der Waals surface area contributed by atoms with Gasteiger partial charge in [0.25, 0.3) is 5.91 Å². The second-order valence-electron chi connectivity index (χ2n) is 7.95. The zero-order valence-corrected chi connectivity index (χ0v) is 16.6. The zero-order chi connectivity index (χ0) is 20.2. The van der Waals surface area contributed by atoms with Crippen LogP contribution in [0.25, 0.3) is 0 Å². The summed E-state index contributed by atoms with van der Waals surface area (Å²) >= 11 is 0. The van der Waals surface area contributed by atoms with Gasteiger partial charge in [0.05, 0.1) is 32.2 Å². The van der Waals surface area contributed by atoms with Crippen molar-refractivity contribution in [2.24, 2.45) is 0 Å². The minimum atomic E-state index is -0.708. The Balaban J connectivity index is 1.47. The van der Waals surface area contributed by atoms with Crippen LogP contribution >= 0.6 is 0 Å². The van der Waals surface area contributed by atoms with E-state index in [2.05, 4.69) is 0 Å². The molecule has 0 aromatic heterocycles. The largest absolute Gasteiger partial charge is 0.496 e. The monoisotopic (exact) mass is 392 g/mol. The first-order valence-electron chi connectivity index (χ1n) is 10.0. The third-order valence-corrected chi connectivity index (χ3v) is 6.63. The fraction of sp³-hybridized carbons (Fsp3) is 0.391. The first-order valence-corrected chi connectivity index (χ1v) is 10.0. The van der Waals surface area contributed by atoms with E-state index < -0.39 is 5.72 Å². The quantitative estimate of drug-likeness (QED) is 0.806. The Morgan fingerprint density at radius 2 is 1.97 bits per heavy atom. The van der Waals surface area contributed by atoms with Crippen LogP contribution in [-0.2, 0) is 9.53 Å². The molecule has 0 N–H and O–H groups in total. The van der Waals surface area contributed by atoms with Crippen LogP contribution in [0.15, 0.2) is 48.5 Å². The highest BCUT2D eigenvalue weighted by Crippen LogP contribution is 2.51. The van der Waals surface area contributed by atoms with Crippen molar-refractivity contribution < 1.29 is 19.1 Å². The average Bonchev–Trinajstić information content (AvgIpc) is 3.37. The molecule has 1 spiro atoms. The van der Waals surface area contributed by atoms with Crippen molar-refractivity contribution >= 4 is 11.8 Å². The first-order chi connectivity index (χ1) is 14.1. The molecule has 0 bridgehead atoms. The van der Waals surface area contributed by atoms with E-state index >= 15 is 0 Å². The third-order valence-electron chi connectivity index (χ3n) is 6.63. The number of methoxy groups -OCH3 is 1. The van der Waals surface area contributed by atoms with Crippen LogP contribution in [0.2, 0.25) is 0 Å². The number of hydrogen-bond acceptors (Lipinski definition) is 4. The average molecular weight is 392 g/mol. The highest BCUT2D eigenvalue weighted by molar-refractivity contribution is 5.97. The summed E-state index contributed by atoms with van der Waals surface area (Å²) in [5.74, 6) is 0.682. The van der Waals surface area contributed by atoms with Gasteiger partial charge in [-0.3, -0.25) is 9.59 Å². The summed E-state index contributed by atoms with van der Waals surface area (Å²) < 4.78 is 11.7. The SMILES string of the molecule is COc1cccc(C(=O)N2CC[C@@]34OC[C@@H](c5ccccc5)N3C(=O)C[C@@H]24)c1C. The molecule has 0 radical (unpaired) electrons. The molecule has 0 aliphatic carbocycles. The van der Waals surface area contributed by atoms with Crippen LogP contribution < -0.4 is 4.74 Å². The van der Waals surface area contributed by atoms with Gasteiger partial charge >= 0.3 is 0 Å². The Bertz CT molecular complexity index is 976. The lowest BCUT2D eigenvalue weighted by Gasteiger charge is -2.33. The highest BCUT2D eigenvalue weighted by Gasteiger charge is 2.65. The van der Waals surface area contributed by atoms with Crippen LogP contribution in [0.1, 0.15) is 40.4 Å². The number of hydrogen-bond donors (Lipinski definition) is 0. The Labute approximate surface area is 170 Å². The van der Waals surface area contributed by atoms with Crippen LogP contribution in [0.4, 0.5) is 0 Å².